The Hall–Kier alpha value is -0.860. The SMILES string of the molecule is CC1CCN(S(=O)(=O)NC(C)(C)/C(N)=N/O)CC1. The van der Waals surface area contributed by atoms with Crippen molar-refractivity contribution < 1.29 is 13.6 Å². The molecule has 0 aliphatic carbocycles. The van der Waals surface area contributed by atoms with Crippen molar-refractivity contribution in [1.82, 2.24) is 9.03 Å². The lowest BCUT2D eigenvalue weighted by molar-refractivity contribution is 0.281. The molecule has 4 N–H and O–H groups in total. The van der Waals surface area contributed by atoms with E-state index < -0.39 is 15.7 Å². The van der Waals surface area contributed by atoms with Gasteiger partial charge >= 0.3 is 0 Å². The zero-order valence-electron chi connectivity index (χ0n) is 11.0. The Balaban J connectivity index is 2.76. The topological polar surface area (TPSA) is 108 Å². The molecule has 0 bridgehead atoms. The predicted octanol–water partition coefficient (Wildman–Crippen LogP) is 0.0777. The van der Waals surface area contributed by atoms with Crippen LogP contribution in [0.3, 0.4) is 0 Å². The zero-order chi connectivity index (χ0) is 14.0. The van der Waals surface area contributed by atoms with Crippen LogP contribution in [-0.4, -0.2) is 42.4 Å². The first kappa shape index (κ1) is 15.2. The molecule has 1 heterocycles. The number of piperidine rings is 1. The van der Waals surface area contributed by atoms with Crippen LogP contribution in [-0.2, 0) is 10.2 Å². The third kappa shape index (κ3) is 3.56. The number of oxime groups is 1. The molecule has 0 spiro atoms. The molecule has 106 valence electrons. The molecular formula is C10H22N4O3S. The third-order valence-electron chi connectivity index (χ3n) is 3.21. The molecule has 8 heteroatoms. The lowest BCUT2D eigenvalue weighted by atomic mass is 10.0. The van der Waals surface area contributed by atoms with Crippen LogP contribution in [0.5, 0.6) is 0 Å². The van der Waals surface area contributed by atoms with Gasteiger partial charge in [0.2, 0.25) is 0 Å². The van der Waals surface area contributed by atoms with Gasteiger partial charge in [-0.25, -0.2) is 0 Å². The smallest absolute Gasteiger partial charge is 0.280 e. The predicted molar refractivity (Wildman–Crippen MR) is 69.5 cm³/mol. The fourth-order valence-electron chi connectivity index (χ4n) is 1.79. The maximum Gasteiger partial charge on any atom is 0.280 e. The first-order valence-electron chi connectivity index (χ1n) is 5.96. The highest BCUT2D eigenvalue weighted by atomic mass is 32.2. The molecular weight excluding hydrogens is 256 g/mol. The van der Waals surface area contributed by atoms with Gasteiger partial charge in [-0.1, -0.05) is 12.1 Å². The van der Waals surface area contributed by atoms with Gasteiger partial charge < -0.3 is 10.9 Å². The lowest BCUT2D eigenvalue weighted by Crippen LogP contribution is -2.57. The molecule has 0 atom stereocenters. The van der Waals surface area contributed by atoms with Crippen molar-refractivity contribution in [2.75, 3.05) is 13.1 Å². The molecule has 1 saturated heterocycles. The minimum Gasteiger partial charge on any atom is -0.409 e. The Morgan fingerprint density at radius 2 is 1.94 bits per heavy atom. The number of nitrogens with zero attached hydrogens (tertiary/aromatic N) is 2. The fraction of sp³-hybridized carbons (Fsp3) is 0.900. The summed E-state index contributed by atoms with van der Waals surface area (Å²) < 4.78 is 28.2. The van der Waals surface area contributed by atoms with Crippen LogP contribution >= 0.6 is 0 Å². The van der Waals surface area contributed by atoms with Crippen LogP contribution in [0.15, 0.2) is 5.16 Å². The van der Waals surface area contributed by atoms with Gasteiger partial charge in [-0.15, -0.1) is 0 Å². The zero-order valence-corrected chi connectivity index (χ0v) is 11.9. The Morgan fingerprint density at radius 3 is 2.39 bits per heavy atom. The van der Waals surface area contributed by atoms with Gasteiger partial charge in [-0.05, 0) is 32.6 Å². The van der Waals surface area contributed by atoms with Crippen molar-refractivity contribution in [1.29, 1.82) is 0 Å². The van der Waals surface area contributed by atoms with E-state index in [4.69, 9.17) is 10.9 Å². The normalized spacial score (nSPS) is 21.2. The van der Waals surface area contributed by atoms with Crippen molar-refractivity contribution in [2.24, 2.45) is 16.8 Å². The average molecular weight is 278 g/mol. The van der Waals surface area contributed by atoms with Crippen molar-refractivity contribution >= 4 is 16.0 Å². The molecule has 0 unspecified atom stereocenters. The van der Waals surface area contributed by atoms with E-state index in [1.54, 1.807) is 13.8 Å². The van der Waals surface area contributed by atoms with Gasteiger partial charge in [0, 0.05) is 13.1 Å². The summed E-state index contributed by atoms with van der Waals surface area (Å²) in [5.41, 5.74) is 4.35. The van der Waals surface area contributed by atoms with E-state index in [0.29, 0.717) is 19.0 Å². The van der Waals surface area contributed by atoms with E-state index in [1.807, 2.05) is 0 Å². The molecule has 7 nitrogen and oxygen atoms in total. The van der Waals surface area contributed by atoms with E-state index in [1.165, 1.54) is 4.31 Å². The summed E-state index contributed by atoms with van der Waals surface area (Å²) >= 11 is 0. The number of rotatable bonds is 4. The molecule has 0 aromatic carbocycles. The van der Waals surface area contributed by atoms with Crippen molar-refractivity contribution in [3.05, 3.63) is 0 Å². The summed E-state index contributed by atoms with van der Waals surface area (Å²) in [6.07, 6.45) is 1.70. The quantitative estimate of drug-likeness (QED) is 0.293. The molecule has 0 aromatic rings. The van der Waals surface area contributed by atoms with Gasteiger partial charge in [0.05, 0.1) is 5.54 Å². The minimum absolute atomic E-state index is 0.170. The van der Waals surface area contributed by atoms with Gasteiger partial charge in [-0.2, -0.15) is 17.4 Å². The van der Waals surface area contributed by atoms with E-state index in [9.17, 15) is 8.42 Å². The monoisotopic (exact) mass is 278 g/mol. The highest BCUT2D eigenvalue weighted by molar-refractivity contribution is 7.87. The second-order valence-corrected chi connectivity index (χ2v) is 6.97. The summed E-state index contributed by atoms with van der Waals surface area (Å²) in [5.74, 6) is 0.380. The molecule has 0 aromatic heterocycles. The average Bonchev–Trinajstić information content (AvgIpc) is 2.27. The maximum absolute atomic E-state index is 12.2. The van der Waals surface area contributed by atoms with Crippen molar-refractivity contribution in [3.8, 4) is 0 Å². The van der Waals surface area contributed by atoms with Crippen LogP contribution < -0.4 is 10.5 Å². The van der Waals surface area contributed by atoms with Crippen LogP contribution in [0.25, 0.3) is 0 Å². The Kier molecular flexibility index (Phi) is 4.57. The Bertz CT molecular complexity index is 411. The number of nitrogens with two attached hydrogens (primary N) is 1. The third-order valence-corrected chi connectivity index (χ3v) is 5.03. The van der Waals surface area contributed by atoms with Crippen molar-refractivity contribution in [2.45, 2.75) is 39.2 Å². The second-order valence-electron chi connectivity index (χ2n) is 5.30. The summed E-state index contributed by atoms with van der Waals surface area (Å²) in [5, 5.41) is 11.5. The number of amidine groups is 1. The minimum atomic E-state index is -3.61. The fourth-order valence-corrected chi connectivity index (χ4v) is 3.36. The number of hydrogen-bond acceptors (Lipinski definition) is 4. The molecule has 0 saturated carbocycles. The Labute approximate surface area is 108 Å². The van der Waals surface area contributed by atoms with E-state index >= 15 is 0 Å². The van der Waals surface area contributed by atoms with Crippen LogP contribution in [0.4, 0.5) is 0 Å². The van der Waals surface area contributed by atoms with Crippen LogP contribution in [0.1, 0.15) is 33.6 Å². The number of hydrogen-bond donors (Lipinski definition) is 3. The molecule has 1 aliphatic heterocycles. The van der Waals surface area contributed by atoms with E-state index in [2.05, 4.69) is 16.8 Å². The lowest BCUT2D eigenvalue weighted by Gasteiger charge is -2.33. The maximum atomic E-state index is 12.2. The van der Waals surface area contributed by atoms with Gasteiger partial charge in [0.25, 0.3) is 10.2 Å². The molecule has 0 radical (unpaired) electrons. The highest BCUT2D eigenvalue weighted by Gasteiger charge is 2.34. The van der Waals surface area contributed by atoms with Gasteiger partial charge in [0.1, 0.15) is 0 Å². The number of nitrogens with one attached hydrogen (secondary N) is 1. The van der Waals surface area contributed by atoms with E-state index in [0.717, 1.165) is 12.8 Å². The van der Waals surface area contributed by atoms with E-state index in [-0.39, 0.29) is 5.84 Å². The molecule has 1 aliphatic rings. The standard InChI is InChI=1S/C10H22N4O3S/c1-8-4-6-14(7-5-8)18(16,17)13-10(2,3)9(11)12-15/h8,13,15H,4-7H2,1-3H3,(H2,11,12). The molecule has 1 rings (SSSR count). The summed E-state index contributed by atoms with van der Waals surface area (Å²) in [4.78, 5) is 0. The first-order valence-corrected chi connectivity index (χ1v) is 7.40. The highest BCUT2D eigenvalue weighted by Crippen LogP contribution is 2.19. The van der Waals surface area contributed by atoms with Crippen LogP contribution in [0, 0.1) is 5.92 Å². The van der Waals surface area contributed by atoms with Crippen molar-refractivity contribution in [3.63, 3.8) is 0 Å². The van der Waals surface area contributed by atoms with Crippen LogP contribution in [0.2, 0.25) is 0 Å². The van der Waals surface area contributed by atoms with Gasteiger partial charge in [0.15, 0.2) is 5.84 Å². The molecule has 0 amide bonds. The molecule has 1 fully saturated rings. The summed E-state index contributed by atoms with van der Waals surface area (Å²) in [7, 11) is -3.61. The first-order chi connectivity index (χ1) is 8.19. The van der Waals surface area contributed by atoms with Gasteiger partial charge in [-0.3, -0.25) is 0 Å². The molecule has 18 heavy (non-hydrogen) atoms. The largest absolute Gasteiger partial charge is 0.409 e. The Morgan fingerprint density at radius 1 is 1.44 bits per heavy atom. The second kappa shape index (κ2) is 5.41. The summed E-state index contributed by atoms with van der Waals surface area (Å²) in [6, 6.07) is 0. The summed E-state index contributed by atoms with van der Waals surface area (Å²) in [6.45, 7) is 6.21.